The first-order valence-corrected chi connectivity index (χ1v) is 5.67. The number of aromatic hydroxyl groups is 2. The second kappa shape index (κ2) is 4.43. The van der Waals surface area contributed by atoms with Crippen LogP contribution in [0.2, 0.25) is 0 Å². The number of hydrogen-bond acceptors (Lipinski definition) is 5. The lowest BCUT2D eigenvalue weighted by Crippen LogP contribution is -2.50. The van der Waals surface area contributed by atoms with Crippen LogP contribution in [0, 0.1) is 0 Å². The van der Waals surface area contributed by atoms with Crippen molar-refractivity contribution >= 4 is 11.9 Å². The normalized spacial score (nSPS) is 22.5. The van der Waals surface area contributed by atoms with E-state index in [1.807, 2.05) is 0 Å². The van der Waals surface area contributed by atoms with Crippen LogP contribution in [-0.4, -0.2) is 50.7 Å². The summed E-state index contributed by atoms with van der Waals surface area (Å²) in [5.74, 6) is -2.29. The molecule has 2 rings (SSSR count). The van der Waals surface area contributed by atoms with Gasteiger partial charge in [-0.2, -0.15) is 0 Å². The summed E-state index contributed by atoms with van der Waals surface area (Å²) in [5.41, 5.74) is 4.43. The Labute approximate surface area is 108 Å². The minimum absolute atomic E-state index is 0.0806. The average molecular weight is 266 g/mol. The number of hydrogen-bond donors (Lipinski definition) is 4. The number of carboxylic acids is 1. The molecule has 1 aliphatic heterocycles. The van der Waals surface area contributed by atoms with Gasteiger partial charge in [0.15, 0.2) is 11.5 Å². The molecule has 1 fully saturated rings. The number of amides is 1. The van der Waals surface area contributed by atoms with Crippen molar-refractivity contribution < 1.29 is 24.9 Å². The van der Waals surface area contributed by atoms with Gasteiger partial charge in [-0.25, -0.2) is 0 Å². The van der Waals surface area contributed by atoms with Gasteiger partial charge in [0.2, 0.25) is 0 Å². The molecule has 0 bridgehead atoms. The van der Waals surface area contributed by atoms with E-state index in [0.29, 0.717) is 0 Å². The standard InChI is InChI=1S/C12H14N2O5/c13-12(11(18)19)3-4-14(6-12)10(17)7-1-2-8(15)9(16)5-7/h1-2,5,15-16H,3-4,6,13H2,(H,18,19). The first-order chi connectivity index (χ1) is 8.83. The summed E-state index contributed by atoms with van der Waals surface area (Å²) in [4.78, 5) is 24.4. The molecule has 0 saturated carbocycles. The average Bonchev–Trinajstić information content (AvgIpc) is 2.76. The lowest BCUT2D eigenvalue weighted by Gasteiger charge is -2.20. The van der Waals surface area contributed by atoms with E-state index in [2.05, 4.69) is 0 Å². The van der Waals surface area contributed by atoms with E-state index in [-0.39, 0.29) is 30.8 Å². The van der Waals surface area contributed by atoms with E-state index in [9.17, 15) is 19.8 Å². The number of aliphatic carboxylic acids is 1. The van der Waals surface area contributed by atoms with Gasteiger partial charge in [0.1, 0.15) is 5.54 Å². The quantitative estimate of drug-likeness (QED) is 0.546. The molecule has 1 aromatic carbocycles. The van der Waals surface area contributed by atoms with Gasteiger partial charge < -0.3 is 26.0 Å². The smallest absolute Gasteiger partial charge is 0.325 e. The van der Waals surface area contributed by atoms with Crippen molar-refractivity contribution in [2.75, 3.05) is 13.1 Å². The van der Waals surface area contributed by atoms with Crippen molar-refractivity contribution in [3.63, 3.8) is 0 Å². The second-order valence-electron chi connectivity index (χ2n) is 4.64. The molecule has 1 amide bonds. The van der Waals surface area contributed by atoms with Crippen LogP contribution in [0.3, 0.4) is 0 Å². The maximum atomic E-state index is 12.1. The third kappa shape index (κ3) is 2.32. The van der Waals surface area contributed by atoms with Gasteiger partial charge in [-0.1, -0.05) is 0 Å². The highest BCUT2D eigenvalue weighted by Gasteiger charge is 2.43. The molecule has 102 valence electrons. The van der Waals surface area contributed by atoms with Crippen LogP contribution in [0.5, 0.6) is 11.5 Å². The lowest BCUT2D eigenvalue weighted by molar-refractivity contribution is -0.142. The van der Waals surface area contributed by atoms with E-state index >= 15 is 0 Å². The molecule has 1 saturated heterocycles. The molecule has 1 atom stereocenters. The van der Waals surface area contributed by atoms with Gasteiger partial charge in [-0.3, -0.25) is 9.59 Å². The molecule has 1 aliphatic rings. The highest BCUT2D eigenvalue weighted by molar-refractivity contribution is 5.96. The van der Waals surface area contributed by atoms with Crippen LogP contribution < -0.4 is 5.73 Å². The minimum atomic E-state index is -1.42. The number of benzene rings is 1. The summed E-state index contributed by atoms with van der Waals surface area (Å²) in [7, 11) is 0. The van der Waals surface area contributed by atoms with Crippen LogP contribution in [0.4, 0.5) is 0 Å². The molecular weight excluding hydrogens is 252 g/mol. The number of nitrogens with zero attached hydrogens (tertiary/aromatic N) is 1. The maximum absolute atomic E-state index is 12.1. The van der Waals surface area contributed by atoms with Crippen LogP contribution >= 0.6 is 0 Å². The molecule has 0 radical (unpaired) electrons. The molecule has 0 aliphatic carbocycles. The minimum Gasteiger partial charge on any atom is -0.504 e. The second-order valence-corrected chi connectivity index (χ2v) is 4.64. The summed E-state index contributed by atoms with van der Waals surface area (Å²) < 4.78 is 0. The Morgan fingerprint density at radius 1 is 1.26 bits per heavy atom. The van der Waals surface area contributed by atoms with Crippen LogP contribution in [0.25, 0.3) is 0 Å². The van der Waals surface area contributed by atoms with E-state index in [4.69, 9.17) is 10.8 Å². The Bertz CT molecular complexity index is 545. The fraction of sp³-hybridized carbons (Fsp3) is 0.333. The van der Waals surface area contributed by atoms with Crippen molar-refractivity contribution in [2.24, 2.45) is 5.73 Å². The Kier molecular flexibility index (Phi) is 3.07. The Balaban J connectivity index is 2.18. The molecule has 0 aromatic heterocycles. The van der Waals surface area contributed by atoms with E-state index in [1.165, 1.54) is 17.0 Å². The first-order valence-electron chi connectivity index (χ1n) is 5.67. The number of carbonyl (C=O) groups is 2. The Hall–Kier alpha value is -2.28. The van der Waals surface area contributed by atoms with Crippen molar-refractivity contribution in [1.82, 2.24) is 4.90 Å². The van der Waals surface area contributed by atoms with Gasteiger partial charge in [-0.05, 0) is 24.6 Å². The number of phenols is 2. The van der Waals surface area contributed by atoms with Gasteiger partial charge >= 0.3 is 5.97 Å². The monoisotopic (exact) mass is 266 g/mol. The number of phenolic OH excluding ortho intramolecular Hbond substituents is 2. The van der Waals surface area contributed by atoms with Crippen molar-refractivity contribution in [3.05, 3.63) is 23.8 Å². The number of rotatable bonds is 2. The lowest BCUT2D eigenvalue weighted by atomic mass is 10.0. The Morgan fingerprint density at radius 2 is 1.95 bits per heavy atom. The Morgan fingerprint density at radius 3 is 2.47 bits per heavy atom. The van der Waals surface area contributed by atoms with Gasteiger partial charge in [0.25, 0.3) is 5.91 Å². The third-order valence-corrected chi connectivity index (χ3v) is 3.24. The fourth-order valence-electron chi connectivity index (χ4n) is 2.02. The number of carboxylic acid groups (broad SMARTS) is 1. The highest BCUT2D eigenvalue weighted by Crippen LogP contribution is 2.27. The van der Waals surface area contributed by atoms with Crippen LogP contribution in [0.15, 0.2) is 18.2 Å². The fourth-order valence-corrected chi connectivity index (χ4v) is 2.02. The topological polar surface area (TPSA) is 124 Å². The van der Waals surface area contributed by atoms with Crippen LogP contribution in [-0.2, 0) is 4.79 Å². The number of likely N-dealkylation sites (tertiary alicyclic amines) is 1. The molecule has 7 nitrogen and oxygen atoms in total. The predicted molar refractivity (Wildman–Crippen MR) is 64.8 cm³/mol. The van der Waals surface area contributed by atoms with Crippen LogP contribution in [0.1, 0.15) is 16.8 Å². The summed E-state index contributed by atoms with van der Waals surface area (Å²) in [6.45, 7) is 0.159. The molecule has 1 unspecified atom stereocenters. The number of carbonyl (C=O) groups excluding carboxylic acids is 1. The largest absolute Gasteiger partial charge is 0.504 e. The summed E-state index contributed by atoms with van der Waals surface area (Å²) in [6, 6.07) is 3.69. The van der Waals surface area contributed by atoms with Crippen molar-refractivity contribution in [1.29, 1.82) is 0 Å². The van der Waals surface area contributed by atoms with E-state index in [1.54, 1.807) is 0 Å². The van der Waals surface area contributed by atoms with E-state index in [0.717, 1.165) is 6.07 Å². The summed E-state index contributed by atoms with van der Waals surface area (Å²) in [5, 5.41) is 27.5. The maximum Gasteiger partial charge on any atom is 0.325 e. The molecule has 1 heterocycles. The molecule has 19 heavy (non-hydrogen) atoms. The predicted octanol–water partition coefficient (Wildman–Crippen LogP) is -0.274. The van der Waals surface area contributed by atoms with E-state index < -0.39 is 23.2 Å². The first kappa shape index (κ1) is 13.2. The zero-order chi connectivity index (χ0) is 14.2. The molecule has 0 spiro atoms. The zero-order valence-electron chi connectivity index (χ0n) is 10.0. The highest BCUT2D eigenvalue weighted by atomic mass is 16.4. The van der Waals surface area contributed by atoms with Crippen molar-refractivity contribution in [2.45, 2.75) is 12.0 Å². The molecule has 5 N–H and O–H groups in total. The van der Waals surface area contributed by atoms with Gasteiger partial charge in [-0.15, -0.1) is 0 Å². The molecule has 7 heteroatoms. The zero-order valence-corrected chi connectivity index (χ0v) is 10.0. The summed E-state index contributed by atoms with van der Waals surface area (Å²) >= 11 is 0. The molecular formula is C12H14N2O5. The SMILES string of the molecule is NC1(C(=O)O)CCN(C(=O)c2ccc(O)c(O)c2)C1. The van der Waals surface area contributed by atoms with Gasteiger partial charge in [0, 0.05) is 18.7 Å². The number of nitrogens with two attached hydrogens (primary N) is 1. The van der Waals surface area contributed by atoms with Crippen molar-refractivity contribution in [3.8, 4) is 11.5 Å². The summed E-state index contributed by atoms with van der Waals surface area (Å²) in [6.07, 6.45) is 0.179. The van der Waals surface area contributed by atoms with Gasteiger partial charge in [0.05, 0.1) is 0 Å². The molecule has 1 aromatic rings. The third-order valence-electron chi connectivity index (χ3n) is 3.24.